The first-order chi connectivity index (χ1) is 12.0. The normalized spacial score (nSPS) is 15.7. The third-order valence-electron chi connectivity index (χ3n) is 4.34. The first-order valence-corrected chi connectivity index (χ1v) is 8.70. The highest BCUT2D eigenvalue weighted by Gasteiger charge is 2.20. The van der Waals surface area contributed by atoms with Gasteiger partial charge in [-0.15, -0.1) is 5.10 Å². The summed E-state index contributed by atoms with van der Waals surface area (Å²) in [5.41, 5.74) is 1.62. The zero-order chi connectivity index (χ0) is 17.8. The summed E-state index contributed by atoms with van der Waals surface area (Å²) in [4.78, 5) is 34.5. The van der Waals surface area contributed by atoms with Crippen LogP contribution < -0.4 is 0 Å². The van der Waals surface area contributed by atoms with Crippen LogP contribution in [0.25, 0.3) is 5.78 Å². The minimum Gasteiger partial charge on any atom is -0.450 e. The Hall–Kier alpha value is -2.51. The van der Waals surface area contributed by atoms with Crippen LogP contribution in [0.2, 0.25) is 0 Å². The van der Waals surface area contributed by atoms with Crippen molar-refractivity contribution in [1.29, 1.82) is 0 Å². The van der Waals surface area contributed by atoms with Gasteiger partial charge in [-0.25, -0.2) is 14.3 Å². The summed E-state index contributed by atoms with van der Waals surface area (Å²) in [6.07, 6.45) is 5.50. The lowest BCUT2D eigenvalue weighted by atomic mass is 10.1. The predicted molar refractivity (Wildman–Crippen MR) is 90.2 cm³/mol. The molecule has 1 fully saturated rings. The fraction of sp³-hybridized carbons (Fsp3) is 0.588. The van der Waals surface area contributed by atoms with Gasteiger partial charge in [-0.2, -0.15) is 4.98 Å². The number of carbonyl (C=O) groups excluding carboxylic acids is 2. The molecule has 8 heteroatoms. The Bertz CT molecular complexity index is 778. The number of nitrogens with zero attached hydrogens (tertiary/aromatic N) is 5. The van der Waals surface area contributed by atoms with E-state index >= 15 is 0 Å². The Kier molecular flexibility index (Phi) is 5.25. The van der Waals surface area contributed by atoms with Gasteiger partial charge in [0.25, 0.3) is 17.5 Å². The minimum atomic E-state index is -0.706. The molecule has 0 bridgehead atoms. The number of amides is 1. The van der Waals surface area contributed by atoms with Gasteiger partial charge in [-0.1, -0.05) is 19.3 Å². The topological polar surface area (TPSA) is 89.7 Å². The molecule has 2 aromatic rings. The molecule has 0 radical (unpaired) electrons. The molecule has 1 aliphatic heterocycles. The number of aromatic nitrogens is 4. The molecule has 2 aromatic heterocycles. The van der Waals surface area contributed by atoms with Crippen LogP contribution in [0.5, 0.6) is 0 Å². The lowest BCUT2D eigenvalue weighted by Crippen LogP contribution is -2.37. The first kappa shape index (κ1) is 17.3. The fourth-order valence-corrected chi connectivity index (χ4v) is 3.03. The maximum absolute atomic E-state index is 12.3. The summed E-state index contributed by atoms with van der Waals surface area (Å²) in [6.45, 7) is 4.88. The largest absolute Gasteiger partial charge is 0.450 e. The van der Waals surface area contributed by atoms with Gasteiger partial charge in [0.05, 0.1) is 0 Å². The quantitative estimate of drug-likeness (QED) is 0.787. The Morgan fingerprint density at radius 1 is 1.08 bits per heavy atom. The molecule has 134 valence electrons. The van der Waals surface area contributed by atoms with Gasteiger partial charge < -0.3 is 9.64 Å². The van der Waals surface area contributed by atoms with E-state index in [1.54, 1.807) is 4.90 Å². The monoisotopic (exact) mass is 345 g/mol. The van der Waals surface area contributed by atoms with E-state index in [9.17, 15) is 9.59 Å². The summed E-state index contributed by atoms with van der Waals surface area (Å²) >= 11 is 0. The molecule has 1 amide bonds. The molecule has 0 unspecified atom stereocenters. The number of aryl methyl sites for hydroxylation is 2. The van der Waals surface area contributed by atoms with Crippen molar-refractivity contribution in [2.75, 3.05) is 19.7 Å². The van der Waals surface area contributed by atoms with Crippen LogP contribution in [0.3, 0.4) is 0 Å². The molecule has 0 N–H and O–H groups in total. The maximum atomic E-state index is 12.3. The molecular weight excluding hydrogens is 322 g/mol. The molecule has 0 atom stereocenters. The van der Waals surface area contributed by atoms with Crippen LogP contribution in [-0.2, 0) is 9.53 Å². The van der Waals surface area contributed by atoms with Crippen LogP contribution in [0, 0.1) is 13.8 Å². The summed E-state index contributed by atoms with van der Waals surface area (Å²) in [5.74, 6) is -0.603. The SMILES string of the molecule is Cc1cc(C)n2nc(C(=O)OCC(=O)N3CCCCCCC3)nc2n1. The van der Waals surface area contributed by atoms with E-state index in [1.807, 2.05) is 19.9 Å². The van der Waals surface area contributed by atoms with Crippen molar-refractivity contribution in [1.82, 2.24) is 24.5 Å². The van der Waals surface area contributed by atoms with E-state index < -0.39 is 5.97 Å². The van der Waals surface area contributed by atoms with Gasteiger partial charge in [0.2, 0.25) is 0 Å². The minimum absolute atomic E-state index is 0.0818. The average molecular weight is 345 g/mol. The third-order valence-corrected chi connectivity index (χ3v) is 4.34. The van der Waals surface area contributed by atoms with Gasteiger partial charge in [0.15, 0.2) is 6.61 Å². The molecule has 3 rings (SSSR count). The number of esters is 1. The van der Waals surface area contributed by atoms with Crippen LogP contribution in [0.15, 0.2) is 6.07 Å². The van der Waals surface area contributed by atoms with Crippen molar-refractivity contribution in [3.05, 3.63) is 23.3 Å². The highest BCUT2D eigenvalue weighted by atomic mass is 16.5. The Morgan fingerprint density at radius 2 is 1.76 bits per heavy atom. The summed E-state index contributed by atoms with van der Waals surface area (Å²) < 4.78 is 6.61. The summed E-state index contributed by atoms with van der Waals surface area (Å²) in [7, 11) is 0. The molecule has 0 aromatic carbocycles. The zero-order valence-corrected chi connectivity index (χ0v) is 14.7. The summed E-state index contributed by atoms with van der Waals surface area (Å²) in [6, 6.07) is 1.85. The van der Waals surface area contributed by atoms with Crippen molar-refractivity contribution < 1.29 is 14.3 Å². The van der Waals surface area contributed by atoms with Gasteiger partial charge in [0, 0.05) is 24.5 Å². The van der Waals surface area contributed by atoms with Crippen LogP contribution >= 0.6 is 0 Å². The number of rotatable bonds is 3. The lowest BCUT2D eigenvalue weighted by molar-refractivity contribution is -0.134. The lowest BCUT2D eigenvalue weighted by Gasteiger charge is -2.24. The van der Waals surface area contributed by atoms with Crippen molar-refractivity contribution >= 4 is 17.7 Å². The highest BCUT2D eigenvalue weighted by Crippen LogP contribution is 2.11. The standard InChI is InChI=1S/C17H23N5O3/c1-12-10-13(2)22-17(18-12)19-15(20-22)16(24)25-11-14(23)21-8-6-4-3-5-7-9-21/h10H,3-9,11H2,1-2H3. The molecule has 0 saturated carbocycles. The number of likely N-dealkylation sites (tertiary alicyclic amines) is 1. The molecule has 1 aliphatic rings. The van der Waals surface area contributed by atoms with Gasteiger partial charge in [-0.3, -0.25) is 4.79 Å². The molecule has 1 saturated heterocycles. The van der Waals surface area contributed by atoms with Crippen molar-refractivity contribution in [2.45, 2.75) is 46.0 Å². The van der Waals surface area contributed by atoms with E-state index in [2.05, 4.69) is 15.1 Å². The Labute approximate surface area is 146 Å². The number of hydrogen-bond acceptors (Lipinski definition) is 6. The second kappa shape index (κ2) is 7.58. The molecule has 8 nitrogen and oxygen atoms in total. The first-order valence-electron chi connectivity index (χ1n) is 8.70. The van der Waals surface area contributed by atoms with Gasteiger partial charge in [0.1, 0.15) is 0 Å². The van der Waals surface area contributed by atoms with E-state index in [4.69, 9.17) is 4.74 Å². The van der Waals surface area contributed by atoms with Crippen molar-refractivity contribution in [2.24, 2.45) is 0 Å². The molecule has 0 spiro atoms. The highest BCUT2D eigenvalue weighted by molar-refractivity contribution is 5.88. The van der Waals surface area contributed by atoms with E-state index in [0.29, 0.717) is 5.78 Å². The number of carbonyl (C=O) groups is 2. The Balaban J connectivity index is 1.62. The van der Waals surface area contributed by atoms with Crippen LogP contribution in [0.1, 0.15) is 54.1 Å². The maximum Gasteiger partial charge on any atom is 0.378 e. The number of ether oxygens (including phenoxy) is 1. The zero-order valence-electron chi connectivity index (χ0n) is 14.7. The molecule has 25 heavy (non-hydrogen) atoms. The predicted octanol–water partition coefficient (Wildman–Crippen LogP) is 1.69. The molecule has 3 heterocycles. The second-order valence-electron chi connectivity index (χ2n) is 6.41. The second-order valence-corrected chi connectivity index (χ2v) is 6.41. The number of fused-ring (bicyclic) bond motifs is 1. The van der Waals surface area contributed by atoms with E-state index in [1.165, 1.54) is 10.9 Å². The molecule has 0 aliphatic carbocycles. The smallest absolute Gasteiger partial charge is 0.378 e. The Morgan fingerprint density at radius 3 is 2.48 bits per heavy atom. The average Bonchev–Trinajstić information content (AvgIpc) is 2.96. The van der Waals surface area contributed by atoms with Gasteiger partial charge in [-0.05, 0) is 32.8 Å². The van der Waals surface area contributed by atoms with E-state index in [0.717, 1.165) is 50.2 Å². The van der Waals surface area contributed by atoms with Crippen LogP contribution in [-0.4, -0.2) is 56.1 Å². The van der Waals surface area contributed by atoms with Crippen molar-refractivity contribution in [3.8, 4) is 0 Å². The van der Waals surface area contributed by atoms with E-state index in [-0.39, 0.29) is 18.3 Å². The van der Waals surface area contributed by atoms with Crippen LogP contribution in [0.4, 0.5) is 0 Å². The fourth-order valence-electron chi connectivity index (χ4n) is 3.03. The molecular formula is C17H23N5O3. The number of hydrogen-bond donors (Lipinski definition) is 0. The van der Waals surface area contributed by atoms with Crippen molar-refractivity contribution in [3.63, 3.8) is 0 Å². The van der Waals surface area contributed by atoms with Gasteiger partial charge >= 0.3 is 5.97 Å². The third kappa shape index (κ3) is 4.12. The summed E-state index contributed by atoms with van der Waals surface area (Å²) in [5, 5.41) is 4.11.